The minimum atomic E-state index is -1.89. The van der Waals surface area contributed by atoms with Crippen molar-refractivity contribution in [3.8, 4) is 0 Å². The van der Waals surface area contributed by atoms with Gasteiger partial charge in [0.25, 0.3) is 5.97 Å². The fraction of sp³-hybridized carbons (Fsp3) is 0.947. The number of carbonyl (C=O) groups excluding carboxylic acids is 1. The highest BCUT2D eigenvalue weighted by atomic mass is 28.4. The van der Waals surface area contributed by atoms with E-state index >= 15 is 0 Å². The maximum Gasteiger partial charge on any atom is 0.295 e. The standard InChI is InChI=1S/C19H44O3Si3/c1-11-12-13-14-15-16-17(21-24(5,6)7)18(23(2,3)4)19(20)22-25(8,9)10/h17-18H,11-16H2,1-10H3/t17-,18+/m1/s1. The summed E-state index contributed by atoms with van der Waals surface area (Å²) in [6.45, 7) is 22.0. The van der Waals surface area contributed by atoms with Gasteiger partial charge in [0, 0.05) is 0 Å². The van der Waals surface area contributed by atoms with Gasteiger partial charge in [0.1, 0.15) is 0 Å². The second kappa shape index (κ2) is 10.4. The number of carbonyl (C=O) groups is 1. The molecule has 0 aromatic rings. The van der Waals surface area contributed by atoms with E-state index in [2.05, 4.69) is 65.8 Å². The normalized spacial score (nSPS) is 15.8. The SMILES string of the molecule is CCCCCCC[C@@H](O[Si](C)(C)C)[C@@H](C(=O)O[Si](C)(C)C)[Si](C)(C)C. The largest absolute Gasteiger partial charge is 0.520 e. The molecule has 150 valence electrons. The van der Waals surface area contributed by atoms with E-state index in [1.807, 2.05) is 0 Å². The molecular weight excluding hydrogens is 360 g/mol. The molecule has 2 atom stereocenters. The lowest BCUT2D eigenvalue weighted by Crippen LogP contribution is -2.48. The van der Waals surface area contributed by atoms with E-state index in [0.717, 1.165) is 12.8 Å². The van der Waals surface area contributed by atoms with Gasteiger partial charge in [-0.2, -0.15) is 0 Å². The van der Waals surface area contributed by atoms with Gasteiger partial charge in [0.15, 0.2) is 8.32 Å². The summed E-state index contributed by atoms with van der Waals surface area (Å²) >= 11 is 0. The highest BCUT2D eigenvalue weighted by Gasteiger charge is 2.43. The number of hydrogen-bond acceptors (Lipinski definition) is 3. The number of hydrogen-bond donors (Lipinski definition) is 0. The minimum absolute atomic E-state index is 0.00939. The fourth-order valence-electron chi connectivity index (χ4n) is 3.13. The van der Waals surface area contributed by atoms with Gasteiger partial charge in [0.05, 0.1) is 19.7 Å². The third-order valence-corrected chi connectivity index (χ3v) is 8.36. The molecular formula is C19H44O3Si3. The molecule has 0 fully saturated rings. The van der Waals surface area contributed by atoms with Crippen LogP contribution in [0, 0.1) is 0 Å². The van der Waals surface area contributed by atoms with Gasteiger partial charge >= 0.3 is 0 Å². The lowest BCUT2D eigenvalue weighted by Gasteiger charge is -2.38. The van der Waals surface area contributed by atoms with E-state index in [1.165, 1.54) is 25.7 Å². The van der Waals surface area contributed by atoms with E-state index < -0.39 is 24.7 Å². The van der Waals surface area contributed by atoms with E-state index in [0.29, 0.717) is 0 Å². The van der Waals surface area contributed by atoms with Crippen molar-refractivity contribution in [3.63, 3.8) is 0 Å². The van der Waals surface area contributed by atoms with Gasteiger partial charge in [-0.05, 0) is 45.7 Å². The Kier molecular flexibility index (Phi) is 10.5. The number of unbranched alkanes of at least 4 members (excludes halogenated alkanes) is 4. The fourth-order valence-corrected chi connectivity index (χ4v) is 7.39. The van der Waals surface area contributed by atoms with Crippen molar-refractivity contribution < 1.29 is 13.6 Å². The maximum absolute atomic E-state index is 13.1. The topological polar surface area (TPSA) is 35.5 Å². The molecule has 25 heavy (non-hydrogen) atoms. The van der Waals surface area contributed by atoms with Crippen LogP contribution in [0.5, 0.6) is 0 Å². The third kappa shape index (κ3) is 12.2. The Morgan fingerprint density at radius 2 is 1.32 bits per heavy atom. The van der Waals surface area contributed by atoms with Crippen LogP contribution in [0.4, 0.5) is 0 Å². The number of rotatable bonds is 12. The van der Waals surface area contributed by atoms with Gasteiger partial charge < -0.3 is 8.85 Å². The molecule has 0 aromatic carbocycles. The molecule has 0 N–H and O–H groups in total. The zero-order chi connectivity index (χ0) is 19.9. The van der Waals surface area contributed by atoms with Gasteiger partial charge in [-0.1, -0.05) is 58.7 Å². The molecule has 0 aliphatic carbocycles. The van der Waals surface area contributed by atoms with Crippen LogP contribution in [0.15, 0.2) is 0 Å². The van der Waals surface area contributed by atoms with E-state index in [-0.39, 0.29) is 17.6 Å². The molecule has 0 bridgehead atoms. The lowest BCUT2D eigenvalue weighted by atomic mass is 10.1. The summed E-state index contributed by atoms with van der Waals surface area (Å²) in [7, 11) is -5.35. The Labute approximate surface area is 160 Å². The Balaban J connectivity index is 5.28. The summed E-state index contributed by atoms with van der Waals surface area (Å²) in [5.41, 5.74) is -0.0582. The summed E-state index contributed by atoms with van der Waals surface area (Å²) in [6, 6.07) is 0. The molecule has 0 aliphatic rings. The molecule has 0 saturated heterocycles. The molecule has 6 heteroatoms. The van der Waals surface area contributed by atoms with Gasteiger partial charge in [-0.3, -0.25) is 4.79 Å². The lowest BCUT2D eigenvalue weighted by molar-refractivity contribution is -0.137. The first-order valence-corrected chi connectivity index (χ1v) is 20.5. The zero-order valence-electron chi connectivity index (χ0n) is 18.6. The minimum Gasteiger partial charge on any atom is -0.520 e. The van der Waals surface area contributed by atoms with Gasteiger partial charge in [-0.15, -0.1) is 0 Å². The Hall–Kier alpha value is 0.0806. The molecule has 0 heterocycles. The Morgan fingerprint density at radius 3 is 1.72 bits per heavy atom. The highest BCUT2D eigenvalue weighted by Crippen LogP contribution is 2.34. The predicted molar refractivity (Wildman–Crippen MR) is 118 cm³/mol. The van der Waals surface area contributed by atoms with Crippen molar-refractivity contribution in [1.29, 1.82) is 0 Å². The Bertz CT molecular complexity index is 392. The summed E-state index contributed by atoms with van der Waals surface area (Å²) in [5.74, 6) is 0.00939. The Morgan fingerprint density at radius 1 is 0.800 bits per heavy atom. The molecule has 0 spiro atoms. The van der Waals surface area contributed by atoms with Crippen molar-refractivity contribution in [3.05, 3.63) is 0 Å². The third-order valence-electron chi connectivity index (χ3n) is 4.06. The molecule has 0 saturated carbocycles. The van der Waals surface area contributed by atoms with Crippen LogP contribution >= 0.6 is 0 Å². The monoisotopic (exact) mass is 404 g/mol. The molecule has 0 aromatic heterocycles. The predicted octanol–water partition coefficient (Wildman–Crippen LogP) is 6.65. The summed E-state index contributed by atoms with van der Waals surface area (Å²) in [5, 5.41) is 0. The van der Waals surface area contributed by atoms with E-state index in [9.17, 15) is 4.79 Å². The van der Waals surface area contributed by atoms with Crippen molar-refractivity contribution in [2.24, 2.45) is 0 Å². The molecule has 0 radical (unpaired) electrons. The van der Waals surface area contributed by atoms with E-state index in [1.54, 1.807) is 0 Å². The van der Waals surface area contributed by atoms with Crippen molar-refractivity contribution in [2.75, 3.05) is 0 Å². The molecule has 0 rings (SSSR count). The maximum atomic E-state index is 13.1. The molecule has 3 nitrogen and oxygen atoms in total. The first-order valence-electron chi connectivity index (χ1n) is 10.1. The first-order chi connectivity index (χ1) is 11.2. The second-order valence-electron chi connectivity index (χ2n) is 10.3. The van der Waals surface area contributed by atoms with Crippen LogP contribution in [0.2, 0.25) is 64.5 Å². The van der Waals surface area contributed by atoms with Crippen molar-refractivity contribution in [1.82, 2.24) is 0 Å². The van der Waals surface area contributed by atoms with Crippen molar-refractivity contribution in [2.45, 2.75) is 116 Å². The van der Waals surface area contributed by atoms with Crippen LogP contribution in [-0.2, 0) is 13.6 Å². The van der Waals surface area contributed by atoms with Crippen LogP contribution in [0.25, 0.3) is 0 Å². The van der Waals surface area contributed by atoms with E-state index in [4.69, 9.17) is 8.85 Å². The van der Waals surface area contributed by atoms with Gasteiger partial charge in [-0.25, -0.2) is 0 Å². The summed E-state index contributed by atoms with van der Waals surface area (Å²) in [6.07, 6.45) is 7.25. The van der Waals surface area contributed by atoms with Gasteiger partial charge in [0.2, 0.25) is 8.32 Å². The van der Waals surface area contributed by atoms with Crippen LogP contribution in [0.3, 0.4) is 0 Å². The van der Waals surface area contributed by atoms with Crippen molar-refractivity contribution >= 4 is 30.7 Å². The smallest absolute Gasteiger partial charge is 0.295 e. The highest BCUT2D eigenvalue weighted by molar-refractivity contribution is 6.81. The molecule has 0 amide bonds. The van der Waals surface area contributed by atoms with Crippen LogP contribution in [0.1, 0.15) is 45.4 Å². The summed E-state index contributed by atoms with van der Waals surface area (Å²) < 4.78 is 12.5. The molecule has 0 aliphatic heterocycles. The zero-order valence-corrected chi connectivity index (χ0v) is 21.6. The molecule has 0 unspecified atom stereocenters. The average molecular weight is 405 g/mol. The summed E-state index contributed by atoms with van der Waals surface area (Å²) in [4.78, 5) is 13.1. The quantitative estimate of drug-likeness (QED) is 0.270. The second-order valence-corrected chi connectivity index (χ2v) is 24.6. The van der Waals surface area contributed by atoms with Crippen LogP contribution < -0.4 is 0 Å². The average Bonchev–Trinajstić information content (AvgIpc) is 2.32. The van der Waals surface area contributed by atoms with Crippen LogP contribution in [-0.4, -0.2) is 36.8 Å². The first kappa shape index (κ1) is 25.1.